The van der Waals surface area contributed by atoms with E-state index in [1.54, 1.807) is 25.3 Å². The lowest BCUT2D eigenvalue weighted by molar-refractivity contribution is -0.116. The highest BCUT2D eigenvalue weighted by atomic mass is 19.1. The summed E-state index contributed by atoms with van der Waals surface area (Å²) in [5.74, 6) is 0.0647. The van der Waals surface area contributed by atoms with Crippen molar-refractivity contribution in [2.45, 2.75) is 26.7 Å². The Balaban J connectivity index is 1.38. The molecule has 28 heavy (non-hydrogen) atoms. The summed E-state index contributed by atoms with van der Waals surface area (Å²) < 4.78 is 18.8. The van der Waals surface area contributed by atoms with Crippen molar-refractivity contribution in [3.05, 3.63) is 53.4 Å². The zero-order valence-corrected chi connectivity index (χ0v) is 15.3. The SMILES string of the molecule is Cc1ccc(-c2noc(CCC(=O)Nc3cnc4n[nH]c(C)c4c3)n2)cc1F. The number of aromatic amines is 1. The van der Waals surface area contributed by atoms with Crippen LogP contribution in [0.15, 0.2) is 35.0 Å². The van der Waals surface area contributed by atoms with Gasteiger partial charge in [-0.25, -0.2) is 9.37 Å². The number of rotatable bonds is 5. The lowest BCUT2D eigenvalue weighted by Gasteiger charge is -2.03. The van der Waals surface area contributed by atoms with Crippen LogP contribution >= 0.6 is 0 Å². The van der Waals surface area contributed by atoms with Gasteiger partial charge < -0.3 is 9.84 Å². The zero-order valence-electron chi connectivity index (χ0n) is 15.3. The minimum Gasteiger partial charge on any atom is -0.339 e. The molecule has 3 heterocycles. The van der Waals surface area contributed by atoms with Gasteiger partial charge in [-0.2, -0.15) is 10.1 Å². The van der Waals surface area contributed by atoms with Crippen LogP contribution in [0.2, 0.25) is 0 Å². The molecule has 3 aromatic heterocycles. The van der Waals surface area contributed by atoms with E-state index in [1.165, 1.54) is 6.07 Å². The minimum absolute atomic E-state index is 0.159. The van der Waals surface area contributed by atoms with E-state index in [-0.39, 0.29) is 24.6 Å². The van der Waals surface area contributed by atoms with Crippen LogP contribution in [0.4, 0.5) is 10.1 Å². The first-order chi connectivity index (χ1) is 13.5. The number of carbonyl (C=O) groups excluding carboxylic acids is 1. The maximum atomic E-state index is 13.7. The third-order valence-corrected chi connectivity index (χ3v) is 4.35. The molecule has 0 bridgehead atoms. The summed E-state index contributed by atoms with van der Waals surface area (Å²) in [6.07, 6.45) is 1.98. The van der Waals surface area contributed by atoms with Gasteiger partial charge in [0, 0.05) is 29.5 Å². The molecule has 9 heteroatoms. The van der Waals surface area contributed by atoms with Gasteiger partial charge in [0.15, 0.2) is 5.65 Å². The lowest BCUT2D eigenvalue weighted by atomic mass is 10.1. The van der Waals surface area contributed by atoms with E-state index in [4.69, 9.17) is 4.52 Å². The summed E-state index contributed by atoms with van der Waals surface area (Å²) in [5.41, 5.74) is 3.13. The molecule has 1 aromatic carbocycles. The molecular formula is C19H17FN6O2. The van der Waals surface area contributed by atoms with Crippen molar-refractivity contribution < 1.29 is 13.7 Å². The summed E-state index contributed by atoms with van der Waals surface area (Å²) in [4.78, 5) is 20.6. The Morgan fingerprint density at radius 1 is 1.29 bits per heavy atom. The average Bonchev–Trinajstić information content (AvgIpc) is 3.30. The van der Waals surface area contributed by atoms with Gasteiger partial charge in [-0.3, -0.25) is 9.89 Å². The molecule has 2 N–H and O–H groups in total. The summed E-state index contributed by atoms with van der Waals surface area (Å²) in [6, 6.07) is 6.55. The number of amides is 1. The minimum atomic E-state index is -0.332. The molecule has 8 nitrogen and oxygen atoms in total. The van der Waals surface area contributed by atoms with Gasteiger partial charge in [-0.05, 0) is 31.5 Å². The Labute approximate surface area is 159 Å². The van der Waals surface area contributed by atoms with Crippen molar-refractivity contribution in [3.63, 3.8) is 0 Å². The number of hydrogen-bond donors (Lipinski definition) is 2. The van der Waals surface area contributed by atoms with Gasteiger partial charge in [0.25, 0.3) is 0 Å². The largest absolute Gasteiger partial charge is 0.339 e. The second-order valence-corrected chi connectivity index (χ2v) is 6.47. The van der Waals surface area contributed by atoms with Crippen molar-refractivity contribution in [1.82, 2.24) is 25.3 Å². The first-order valence-electron chi connectivity index (χ1n) is 8.69. The van der Waals surface area contributed by atoms with Crippen LogP contribution in [-0.2, 0) is 11.2 Å². The molecule has 0 aliphatic carbocycles. The number of halogens is 1. The van der Waals surface area contributed by atoms with Gasteiger partial charge in [0.05, 0.1) is 11.9 Å². The zero-order chi connectivity index (χ0) is 19.7. The quantitative estimate of drug-likeness (QED) is 0.550. The number of nitrogens with one attached hydrogen (secondary N) is 2. The molecule has 4 aromatic rings. The smallest absolute Gasteiger partial charge is 0.227 e. The molecule has 0 spiro atoms. The molecule has 0 radical (unpaired) electrons. The van der Waals surface area contributed by atoms with Crippen LogP contribution in [0.1, 0.15) is 23.6 Å². The number of aryl methyl sites for hydroxylation is 3. The van der Waals surface area contributed by atoms with Crippen molar-refractivity contribution in [3.8, 4) is 11.4 Å². The Morgan fingerprint density at radius 2 is 2.14 bits per heavy atom. The molecule has 0 saturated carbocycles. The van der Waals surface area contributed by atoms with Crippen LogP contribution in [0, 0.1) is 19.7 Å². The fourth-order valence-corrected chi connectivity index (χ4v) is 2.74. The predicted octanol–water partition coefficient (Wildman–Crippen LogP) is 3.34. The molecule has 0 atom stereocenters. The fraction of sp³-hybridized carbons (Fsp3) is 0.211. The van der Waals surface area contributed by atoms with Gasteiger partial charge in [-0.1, -0.05) is 17.3 Å². The van der Waals surface area contributed by atoms with Gasteiger partial charge in [-0.15, -0.1) is 0 Å². The number of aromatic nitrogens is 5. The highest BCUT2D eigenvalue weighted by Gasteiger charge is 2.13. The number of pyridine rings is 1. The maximum Gasteiger partial charge on any atom is 0.227 e. The summed E-state index contributed by atoms with van der Waals surface area (Å²) in [7, 11) is 0. The molecule has 0 fully saturated rings. The Hall–Kier alpha value is -3.62. The molecule has 0 aliphatic rings. The van der Waals surface area contributed by atoms with Crippen LogP contribution < -0.4 is 5.32 Å². The third-order valence-electron chi connectivity index (χ3n) is 4.35. The van der Waals surface area contributed by atoms with Gasteiger partial charge >= 0.3 is 0 Å². The number of nitrogens with zero attached hydrogens (tertiary/aromatic N) is 4. The molecule has 1 amide bonds. The number of anilines is 1. The Bertz CT molecular complexity index is 1170. The highest BCUT2D eigenvalue weighted by Crippen LogP contribution is 2.20. The number of fused-ring (bicyclic) bond motifs is 1. The topological polar surface area (TPSA) is 110 Å². The number of hydrogen-bond acceptors (Lipinski definition) is 6. The Kier molecular flexibility index (Phi) is 4.56. The average molecular weight is 380 g/mol. The standard InChI is InChI=1S/C19H17FN6O2/c1-10-3-4-12(7-15(10)20)18-23-17(28-26-18)6-5-16(27)22-13-8-14-11(2)24-25-19(14)21-9-13/h3-4,7-9H,5-6H2,1-2H3,(H,22,27)(H,21,24,25). The molecule has 4 rings (SSSR count). The molecule has 0 aliphatic heterocycles. The van der Waals surface area contributed by atoms with Gasteiger partial charge in [0.1, 0.15) is 5.82 Å². The van der Waals surface area contributed by atoms with Crippen LogP contribution in [0.3, 0.4) is 0 Å². The van der Waals surface area contributed by atoms with Crippen LogP contribution in [0.25, 0.3) is 22.4 Å². The van der Waals surface area contributed by atoms with Crippen LogP contribution in [0.5, 0.6) is 0 Å². The normalized spacial score (nSPS) is 11.1. The van der Waals surface area contributed by atoms with Crippen LogP contribution in [-0.4, -0.2) is 31.2 Å². The van der Waals surface area contributed by atoms with E-state index in [0.29, 0.717) is 34.2 Å². The van der Waals surface area contributed by atoms with E-state index in [2.05, 4.69) is 30.6 Å². The van der Waals surface area contributed by atoms with E-state index in [1.807, 2.05) is 13.0 Å². The van der Waals surface area contributed by atoms with Crippen molar-refractivity contribution >= 4 is 22.6 Å². The number of benzene rings is 1. The monoisotopic (exact) mass is 380 g/mol. The Morgan fingerprint density at radius 3 is 2.96 bits per heavy atom. The van der Waals surface area contributed by atoms with E-state index in [9.17, 15) is 9.18 Å². The second-order valence-electron chi connectivity index (χ2n) is 6.47. The predicted molar refractivity (Wildman–Crippen MR) is 100 cm³/mol. The summed E-state index contributed by atoms with van der Waals surface area (Å²) in [6.45, 7) is 3.57. The number of carbonyl (C=O) groups is 1. The summed E-state index contributed by atoms with van der Waals surface area (Å²) in [5, 5.41) is 14.4. The van der Waals surface area contributed by atoms with E-state index < -0.39 is 0 Å². The summed E-state index contributed by atoms with van der Waals surface area (Å²) >= 11 is 0. The van der Waals surface area contributed by atoms with Crippen molar-refractivity contribution in [2.75, 3.05) is 5.32 Å². The maximum absolute atomic E-state index is 13.7. The number of H-pyrrole nitrogens is 1. The first kappa shape index (κ1) is 17.8. The van der Waals surface area contributed by atoms with Crippen molar-refractivity contribution in [1.29, 1.82) is 0 Å². The molecule has 0 unspecified atom stereocenters. The molecule has 142 valence electrons. The van der Waals surface area contributed by atoms with Crippen molar-refractivity contribution in [2.24, 2.45) is 0 Å². The van der Waals surface area contributed by atoms with Gasteiger partial charge in [0.2, 0.25) is 17.6 Å². The fourth-order valence-electron chi connectivity index (χ4n) is 2.74. The first-order valence-corrected chi connectivity index (χ1v) is 8.69. The van der Waals surface area contributed by atoms with E-state index >= 15 is 0 Å². The molecule has 0 saturated heterocycles. The lowest BCUT2D eigenvalue weighted by Crippen LogP contribution is -2.12. The third kappa shape index (κ3) is 3.59. The molecular weight excluding hydrogens is 363 g/mol. The second kappa shape index (κ2) is 7.18. The highest BCUT2D eigenvalue weighted by molar-refractivity contribution is 5.93. The van der Waals surface area contributed by atoms with E-state index in [0.717, 1.165) is 11.1 Å².